The van der Waals surface area contributed by atoms with Gasteiger partial charge in [-0.1, -0.05) is 68.6 Å². The second-order valence-electron chi connectivity index (χ2n) is 11.0. The lowest BCUT2D eigenvalue weighted by molar-refractivity contribution is -0.137. The number of amides is 2. The normalized spacial score (nSPS) is 16.4. The molecular formula is C31H41N5O6S2. The molecule has 4 rings (SSSR count). The third kappa shape index (κ3) is 8.38. The maximum atomic E-state index is 13.8. The van der Waals surface area contributed by atoms with Crippen molar-refractivity contribution in [1.82, 2.24) is 19.2 Å². The van der Waals surface area contributed by atoms with E-state index >= 15 is 0 Å². The van der Waals surface area contributed by atoms with Gasteiger partial charge in [-0.05, 0) is 44.4 Å². The number of nitrogens with zero attached hydrogens (tertiary/aromatic N) is 5. The Morgan fingerprint density at radius 2 is 1.70 bits per heavy atom. The van der Waals surface area contributed by atoms with Crippen LogP contribution >= 0.6 is 24.0 Å². The summed E-state index contributed by atoms with van der Waals surface area (Å²) < 4.78 is 7.13. The molecule has 2 aliphatic heterocycles. The quantitative estimate of drug-likeness (QED) is 0.169. The van der Waals surface area contributed by atoms with E-state index in [1.807, 2.05) is 17.9 Å². The second-order valence-corrected chi connectivity index (χ2v) is 12.7. The Morgan fingerprint density at radius 1 is 1.05 bits per heavy atom. The minimum Gasteiger partial charge on any atom is -0.481 e. The molecule has 2 amide bonds. The summed E-state index contributed by atoms with van der Waals surface area (Å²) in [6.07, 6.45) is 10.9. The average molecular weight is 644 g/mol. The molecule has 44 heavy (non-hydrogen) atoms. The van der Waals surface area contributed by atoms with E-state index in [0.29, 0.717) is 65.6 Å². The number of hydrogen-bond acceptors (Lipinski definition) is 9. The number of unbranched alkanes of at least 4 members (excludes halogenated alkanes) is 7. The predicted octanol–water partition coefficient (Wildman–Crippen LogP) is 5.08. The minimum atomic E-state index is -0.738. The van der Waals surface area contributed by atoms with Gasteiger partial charge in [-0.25, -0.2) is 9.78 Å². The van der Waals surface area contributed by atoms with Crippen molar-refractivity contribution in [2.45, 2.75) is 71.6 Å². The van der Waals surface area contributed by atoms with Crippen molar-refractivity contribution < 1.29 is 24.2 Å². The second kappa shape index (κ2) is 16.0. The summed E-state index contributed by atoms with van der Waals surface area (Å²) >= 11 is 6.76. The van der Waals surface area contributed by atoms with E-state index in [4.69, 9.17) is 27.0 Å². The number of ether oxygens (including phenoxy) is 1. The molecule has 238 valence electrons. The van der Waals surface area contributed by atoms with Gasteiger partial charge in [0.25, 0.3) is 11.5 Å². The Bertz CT molecular complexity index is 1470. The molecule has 13 heteroatoms. The van der Waals surface area contributed by atoms with E-state index in [1.54, 1.807) is 35.1 Å². The van der Waals surface area contributed by atoms with E-state index in [-0.39, 0.29) is 24.0 Å². The first-order valence-electron chi connectivity index (χ1n) is 15.4. The van der Waals surface area contributed by atoms with Crippen LogP contribution in [0.5, 0.6) is 0 Å². The van der Waals surface area contributed by atoms with E-state index in [1.165, 1.54) is 16.2 Å². The summed E-state index contributed by atoms with van der Waals surface area (Å²) in [5.41, 5.74) is 1.45. The lowest BCUT2D eigenvalue weighted by Gasteiger charge is -2.35. The number of fused-ring (bicyclic) bond motifs is 1. The van der Waals surface area contributed by atoms with E-state index in [0.717, 1.165) is 56.9 Å². The van der Waals surface area contributed by atoms with Crippen LogP contribution < -0.4 is 10.5 Å². The molecule has 1 N–H and O–H groups in total. The molecule has 0 spiro atoms. The number of aryl methyl sites for hydroxylation is 1. The van der Waals surface area contributed by atoms with Crippen LogP contribution in [0.25, 0.3) is 11.7 Å². The average Bonchev–Trinajstić information content (AvgIpc) is 3.27. The van der Waals surface area contributed by atoms with Crippen LogP contribution in [0.1, 0.15) is 75.8 Å². The molecule has 0 bridgehead atoms. The number of thioether (sulfide) groups is 1. The number of carbonyl (C=O) groups is 3. The number of pyridine rings is 1. The molecule has 0 unspecified atom stereocenters. The summed E-state index contributed by atoms with van der Waals surface area (Å²) in [5.74, 6) is -0.454. The summed E-state index contributed by atoms with van der Waals surface area (Å²) in [6.45, 7) is 6.31. The topological polar surface area (TPSA) is 125 Å². The van der Waals surface area contributed by atoms with Crippen molar-refractivity contribution in [2.24, 2.45) is 0 Å². The zero-order valence-corrected chi connectivity index (χ0v) is 27.1. The van der Waals surface area contributed by atoms with Crippen LogP contribution in [-0.2, 0) is 14.3 Å². The highest BCUT2D eigenvalue weighted by Gasteiger charge is 2.33. The van der Waals surface area contributed by atoms with Gasteiger partial charge in [0.1, 0.15) is 15.8 Å². The van der Waals surface area contributed by atoms with Crippen molar-refractivity contribution in [1.29, 1.82) is 0 Å². The lowest BCUT2D eigenvalue weighted by atomic mass is 10.1. The molecule has 2 aromatic heterocycles. The highest BCUT2D eigenvalue weighted by Crippen LogP contribution is 2.34. The molecule has 2 fully saturated rings. The van der Waals surface area contributed by atoms with Gasteiger partial charge < -0.3 is 19.6 Å². The third-order valence-electron chi connectivity index (χ3n) is 7.84. The standard InChI is InChI=1S/C31H41N5O6S2/c1-3-42-30(41)34-19-17-33(18-20-34)27-23(28(39)35-16-12-13-22(2)26(35)32-27)21-24-29(40)36(31(43)44-24)15-11-9-7-5-4-6-8-10-14-25(37)38/h12-13,16,21H,3-11,14-15,17-20H2,1-2H3,(H,37,38)/b24-21+. The summed E-state index contributed by atoms with van der Waals surface area (Å²) in [4.78, 5) is 60.6. The Kier molecular flexibility index (Phi) is 12.2. The number of piperazine rings is 1. The predicted molar refractivity (Wildman–Crippen MR) is 176 cm³/mol. The largest absolute Gasteiger partial charge is 0.481 e. The van der Waals surface area contributed by atoms with Crippen LogP contribution in [0.2, 0.25) is 0 Å². The number of hydrogen-bond donors (Lipinski definition) is 1. The van der Waals surface area contributed by atoms with Crippen LogP contribution in [-0.4, -0.2) is 85.9 Å². The van der Waals surface area contributed by atoms with Gasteiger partial charge in [-0.2, -0.15) is 0 Å². The highest BCUT2D eigenvalue weighted by atomic mass is 32.2. The maximum Gasteiger partial charge on any atom is 0.409 e. The van der Waals surface area contributed by atoms with Gasteiger partial charge in [0.15, 0.2) is 0 Å². The van der Waals surface area contributed by atoms with Crippen molar-refractivity contribution in [2.75, 3.05) is 44.2 Å². The molecule has 0 radical (unpaired) electrons. The number of carboxylic acids is 1. The molecule has 0 atom stereocenters. The first kappa shape index (κ1) is 33.4. The zero-order chi connectivity index (χ0) is 31.6. The number of thiocarbonyl (C=S) groups is 1. The van der Waals surface area contributed by atoms with Crippen LogP contribution in [0.15, 0.2) is 28.0 Å². The van der Waals surface area contributed by atoms with Gasteiger partial charge in [0.05, 0.1) is 17.1 Å². The van der Waals surface area contributed by atoms with Gasteiger partial charge in [-0.3, -0.25) is 23.7 Å². The Morgan fingerprint density at radius 3 is 2.36 bits per heavy atom. The monoisotopic (exact) mass is 643 g/mol. The van der Waals surface area contributed by atoms with Crippen LogP contribution in [0.4, 0.5) is 10.6 Å². The Labute approximate surface area is 267 Å². The van der Waals surface area contributed by atoms with Crippen LogP contribution in [0, 0.1) is 6.92 Å². The fourth-order valence-electron chi connectivity index (χ4n) is 5.41. The van der Waals surface area contributed by atoms with Gasteiger partial charge >= 0.3 is 12.1 Å². The number of aliphatic carboxylic acids is 1. The first-order chi connectivity index (χ1) is 21.2. The molecule has 2 aromatic rings. The maximum absolute atomic E-state index is 13.8. The number of anilines is 1. The van der Waals surface area contributed by atoms with E-state index < -0.39 is 5.97 Å². The van der Waals surface area contributed by atoms with Crippen molar-refractivity contribution in [3.8, 4) is 0 Å². The number of carbonyl (C=O) groups excluding carboxylic acids is 2. The molecular weight excluding hydrogens is 603 g/mol. The number of aromatic nitrogens is 2. The summed E-state index contributed by atoms with van der Waals surface area (Å²) in [7, 11) is 0. The van der Waals surface area contributed by atoms with Crippen molar-refractivity contribution in [3.63, 3.8) is 0 Å². The molecule has 2 saturated heterocycles. The Balaban J connectivity index is 1.43. The molecule has 4 heterocycles. The van der Waals surface area contributed by atoms with Crippen LogP contribution in [0.3, 0.4) is 0 Å². The fourth-order valence-corrected chi connectivity index (χ4v) is 6.70. The lowest BCUT2D eigenvalue weighted by Crippen LogP contribution is -2.49. The molecule has 0 saturated carbocycles. The minimum absolute atomic E-state index is 0.203. The molecule has 11 nitrogen and oxygen atoms in total. The molecule has 2 aliphatic rings. The molecule has 0 aromatic carbocycles. The number of rotatable bonds is 14. The summed E-state index contributed by atoms with van der Waals surface area (Å²) in [5, 5.41) is 8.72. The van der Waals surface area contributed by atoms with E-state index in [9.17, 15) is 19.2 Å². The first-order valence-corrected chi connectivity index (χ1v) is 16.6. The smallest absolute Gasteiger partial charge is 0.409 e. The van der Waals surface area contributed by atoms with Gasteiger partial charge in [0.2, 0.25) is 0 Å². The van der Waals surface area contributed by atoms with Gasteiger partial charge in [0, 0.05) is 45.3 Å². The molecule has 0 aliphatic carbocycles. The Hall–Kier alpha value is -3.45. The fraction of sp³-hybridized carbons (Fsp3) is 0.548. The summed E-state index contributed by atoms with van der Waals surface area (Å²) in [6, 6.07) is 3.70. The van der Waals surface area contributed by atoms with E-state index in [2.05, 4.69) is 0 Å². The van der Waals surface area contributed by atoms with Crippen molar-refractivity contribution >= 4 is 63.8 Å². The van der Waals surface area contributed by atoms with Crippen molar-refractivity contribution in [3.05, 3.63) is 44.7 Å². The SMILES string of the molecule is CCOC(=O)N1CCN(c2nc3c(C)cccn3c(=O)c2/C=C2/SC(=S)N(CCCCCCCCCCC(=O)O)C2=O)CC1. The van der Waals surface area contributed by atoms with Gasteiger partial charge in [-0.15, -0.1) is 0 Å². The third-order valence-corrected chi connectivity index (χ3v) is 9.22. The zero-order valence-electron chi connectivity index (χ0n) is 25.5. The number of carboxylic acid groups (broad SMARTS) is 1. The highest BCUT2D eigenvalue weighted by molar-refractivity contribution is 8.26.